The van der Waals surface area contributed by atoms with Gasteiger partial charge in [-0.05, 0) is 111 Å². The van der Waals surface area contributed by atoms with Gasteiger partial charge in [-0.2, -0.15) is 11.3 Å². The summed E-state index contributed by atoms with van der Waals surface area (Å²) in [5.74, 6) is 0.971. The van der Waals surface area contributed by atoms with Crippen molar-refractivity contribution in [2.45, 2.75) is 76.7 Å². The maximum atomic E-state index is 5.98. The molecular weight excluding hydrogens is 302 g/mol. The van der Waals surface area contributed by atoms with Crippen molar-refractivity contribution in [1.82, 2.24) is 0 Å². The number of hydrogen-bond donors (Lipinski definition) is 1. The topological polar surface area (TPSA) is 35.2 Å². The van der Waals surface area contributed by atoms with Crippen LogP contribution in [0.4, 0.5) is 0 Å². The Bertz CT molecular complexity index is 427. The maximum absolute atomic E-state index is 5.98. The van der Waals surface area contributed by atoms with Crippen LogP contribution in [-0.4, -0.2) is 19.3 Å². The summed E-state index contributed by atoms with van der Waals surface area (Å²) in [5, 5.41) is 4.52. The lowest BCUT2D eigenvalue weighted by molar-refractivity contribution is -0.0191. The van der Waals surface area contributed by atoms with E-state index in [1.807, 2.05) is 11.3 Å². The smallest absolute Gasteiger partial charge is 0.0575 e. The quantitative estimate of drug-likeness (QED) is 0.698. The molecule has 2 fully saturated rings. The van der Waals surface area contributed by atoms with Gasteiger partial charge in [-0.25, -0.2) is 0 Å². The van der Waals surface area contributed by atoms with Crippen molar-refractivity contribution >= 4 is 11.3 Å². The van der Waals surface area contributed by atoms with Crippen molar-refractivity contribution in [3.8, 4) is 0 Å². The summed E-state index contributed by atoms with van der Waals surface area (Å²) < 4.78 is 5.98. The van der Waals surface area contributed by atoms with Crippen LogP contribution in [0, 0.1) is 11.3 Å². The number of rotatable bonds is 7. The number of nitrogens with two attached hydrogens (primary N) is 1. The summed E-state index contributed by atoms with van der Waals surface area (Å²) in [5.41, 5.74) is 7.76. The van der Waals surface area contributed by atoms with Gasteiger partial charge in [0.2, 0.25) is 0 Å². The summed E-state index contributed by atoms with van der Waals surface area (Å²) >= 11 is 1.83. The van der Waals surface area contributed by atoms with Crippen molar-refractivity contribution in [3.63, 3.8) is 0 Å². The van der Waals surface area contributed by atoms with Gasteiger partial charge in [-0.3, -0.25) is 0 Å². The lowest BCUT2D eigenvalue weighted by Crippen LogP contribution is -2.34. The van der Waals surface area contributed by atoms with Crippen LogP contribution in [0.1, 0.15) is 69.8 Å². The van der Waals surface area contributed by atoms with Crippen LogP contribution in [0.15, 0.2) is 16.8 Å². The first-order valence-corrected chi connectivity index (χ1v) is 10.6. The molecule has 23 heavy (non-hydrogen) atoms. The Balaban J connectivity index is 1.35. The lowest BCUT2D eigenvalue weighted by atomic mass is 9.62. The average molecular weight is 336 g/mol. The molecule has 2 nitrogen and oxygen atoms in total. The fourth-order valence-electron chi connectivity index (χ4n) is 4.59. The summed E-state index contributed by atoms with van der Waals surface area (Å²) in [4.78, 5) is 0. The number of hydrogen-bond acceptors (Lipinski definition) is 3. The molecule has 3 rings (SSSR count). The average Bonchev–Trinajstić information content (AvgIpc) is 3.10. The van der Waals surface area contributed by atoms with E-state index in [1.54, 1.807) is 5.56 Å². The molecule has 0 bridgehead atoms. The fraction of sp³-hybridized carbons (Fsp3) is 0.800. The van der Waals surface area contributed by atoms with Gasteiger partial charge in [0.15, 0.2) is 0 Å². The molecule has 1 spiro atoms. The van der Waals surface area contributed by atoms with E-state index in [9.17, 15) is 0 Å². The Labute approximate surface area is 145 Å². The van der Waals surface area contributed by atoms with Gasteiger partial charge < -0.3 is 10.5 Å². The third kappa shape index (κ3) is 5.04. The van der Waals surface area contributed by atoms with Crippen molar-refractivity contribution in [2.75, 3.05) is 13.2 Å². The highest BCUT2D eigenvalue weighted by Crippen LogP contribution is 2.49. The second kappa shape index (κ2) is 8.64. The molecule has 2 aliphatic carbocycles. The Kier molecular flexibility index (Phi) is 6.55. The molecule has 0 aliphatic heterocycles. The zero-order valence-electron chi connectivity index (χ0n) is 14.5. The van der Waals surface area contributed by atoms with Gasteiger partial charge in [0.25, 0.3) is 0 Å². The normalized spacial score (nSPS) is 31.5. The van der Waals surface area contributed by atoms with Crippen LogP contribution in [-0.2, 0) is 11.2 Å². The second-order valence-electron chi connectivity index (χ2n) is 7.83. The van der Waals surface area contributed by atoms with E-state index in [-0.39, 0.29) is 0 Å². The number of aryl methyl sites for hydroxylation is 1. The number of thiophene rings is 1. The Morgan fingerprint density at radius 1 is 1.13 bits per heavy atom. The molecule has 0 aromatic carbocycles. The lowest BCUT2D eigenvalue weighted by Gasteiger charge is -2.45. The van der Waals surface area contributed by atoms with E-state index >= 15 is 0 Å². The molecule has 2 N–H and O–H groups in total. The molecule has 2 aliphatic rings. The highest BCUT2D eigenvalue weighted by molar-refractivity contribution is 7.07. The van der Waals surface area contributed by atoms with Gasteiger partial charge in [0.05, 0.1) is 6.10 Å². The van der Waals surface area contributed by atoms with E-state index in [4.69, 9.17) is 10.5 Å². The molecule has 0 radical (unpaired) electrons. The largest absolute Gasteiger partial charge is 0.378 e. The van der Waals surface area contributed by atoms with E-state index in [1.165, 1.54) is 64.2 Å². The molecule has 0 atom stereocenters. The molecule has 3 heteroatoms. The Morgan fingerprint density at radius 2 is 1.87 bits per heavy atom. The highest BCUT2D eigenvalue weighted by Gasteiger charge is 2.38. The van der Waals surface area contributed by atoms with Gasteiger partial charge in [-0.15, -0.1) is 0 Å². The van der Waals surface area contributed by atoms with Crippen molar-refractivity contribution in [1.29, 1.82) is 0 Å². The first kappa shape index (κ1) is 17.4. The van der Waals surface area contributed by atoms with Crippen LogP contribution >= 0.6 is 11.3 Å². The second-order valence-corrected chi connectivity index (χ2v) is 8.61. The molecular formula is C20H33NOS. The Hall–Kier alpha value is -0.380. The van der Waals surface area contributed by atoms with E-state index in [2.05, 4.69) is 16.8 Å². The van der Waals surface area contributed by atoms with Crippen LogP contribution < -0.4 is 5.73 Å². The summed E-state index contributed by atoms with van der Waals surface area (Å²) in [6, 6.07) is 2.29. The molecule has 0 unspecified atom stereocenters. The molecule has 1 aromatic rings. The van der Waals surface area contributed by atoms with Gasteiger partial charge in [-0.1, -0.05) is 0 Å². The predicted octanol–water partition coefficient (Wildman–Crippen LogP) is 5.17. The van der Waals surface area contributed by atoms with Crippen molar-refractivity contribution in [3.05, 3.63) is 22.4 Å². The summed E-state index contributed by atoms with van der Waals surface area (Å²) in [7, 11) is 0. The zero-order valence-corrected chi connectivity index (χ0v) is 15.3. The van der Waals surface area contributed by atoms with Crippen LogP contribution in [0.3, 0.4) is 0 Å². The first-order valence-electron chi connectivity index (χ1n) is 9.62. The van der Waals surface area contributed by atoms with Crippen molar-refractivity contribution < 1.29 is 4.74 Å². The minimum Gasteiger partial charge on any atom is -0.378 e. The molecule has 1 heterocycles. The maximum Gasteiger partial charge on any atom is 0.0575 e. The SMILES string of the molecule is NCCCOC1CCC2(CCC(CCc3ccsc3)CC2)CC1. The Morgan fingerprint density at radius 3 is 2.52 bits per heavy atom. The van der Waals surface area contributed by atoms with E-state index in [0.29, 0.717) is 11.5 Å². The molecule has 0 amide bonds. The summed E-state index contributed by atoms with van der Waals surface area (Å²) in [6.45, 7) is 1.61. The van der Waals surface area contributed by atoms with E-state index in [0.717, 1.165) is 25.5 Å². The van der Waals surface area contributed by atoms with Crippen LogP contribution in [0.5, 0.6) is 0 Å². The molecule has 0 saturated heterocycles. The van der Waals surface area contributed by atoms with Gasteiger partial charge in [0, 0.05) is 6.61 Å². The molecule has 1 aromatic heterocycles. The van der Waals surface area contributed by atoms with Crippen LogP contribution in [0.25, 0.3) is 0 Å². The number of ether oxygens (including phenoxy) is 1. The van der Waals surface area contributed by atoms with Crippen molar-refractivity contribution in [2.24, 2.45) is 17.1 Å². The minimum atomic E-state index is 0.517. The van der Waals surface area contributed by atoms with Gasteiger partial charge >= 0.3 is 0 Å². The molecule has 130 valence electrons. The predicted molar refractivity (Wildman–Crippen MR) is 98.9 cm³/mol. The van der Waals surface area contributed by atoms with Gasteiger partial charge in [0.1, 0.15) is 0 Å². The van der Waals surface area contributed by atoms with E-state index < -0.39 is 0 Å². The van der Waals surface area contributed by atoms with Crippen LogP contribution in [0.2, 0.25) is 0 Å². The minimum absolute atomic E-state index is 0.517. The monoisotopic (exact) mass is 335 g/mol. The molecule has 2 saturated carbocycles. The summed E-state index contributed by atoms with van der Waals surface area (Å²) in [6.07, 6.45) is 15.4. The highest BCUT2D eigenvalue weighted by atomic mass is 32.1. The zero-order chi connectivity index (χ0) is 16.0. The third-order valence-corrected chi connectivity index (χ3v) is 7.01. The fourth-order valence-corrected chi connectivity index (χ4v) is 5.29. The third-order valence-electron chi connectivity index (χ3n) is 6.28. The standard InChI is InChI=1S/C20H33NOS/c21-13-1-14-22-19-6-11-20(12-7-19)9-4-17(5-10-20)2-3-18-8-15-23-16-18/h8,15-17,19H,1-7,9-14,21H2. The first-order chi connectivity index (χ1) is 11.3.